The molecule has 19 heavy (non-hydrogen) atoms. The quantitative estimate of drug-likeness (QED) is 0.504. The Bertz CT molecular complexity index is 605. The zero-order valence-electron chi connectivity index (χ0n) is 11.3. The fourth-order valence-electron chi connectivity index (χ4n) is 3.14. The van der Waals surface area contributed by atoms with Crippen molar-refractivity contribution in [1.29, 1.82) is 0 Å². The van der Waals surface area contributed by atoms with Gasteiger partial charge >= 0.3 is 0 Å². The lowest BCUT2D eigenvalue weighted by Gasteiger charge is -2.27. The topological polar surface area (TPSA) is 0 Å². The van der Waals surface area contributed by atoms with Crippen molar-refractivity contribution in [1.82, 2.24) is 0 Å². The highest BCUT2D eigenvalue weighted by atomic mass is 79.9. The van der Waals surface area contributed by atoms with Gasteiger partial charge in [-0.1, -0.05) is 63.6 Å². The molecule has 0 bridgehead atoms. The number of rotatable bonds is 1. The molecule has 98 valence electrons. The molecule has 2 aromatic carbocycles. The summed E-state index contributed by atoms with van der Waals surface area (Å²) in [4.78, 5) is 0. The van der Waals surface area contributed by atoms with Gasteiger partial charge in [-0.05, 0) is 46.5 Å². The van der Waals surface area contributed by atoms with Crippen LogP contribution in [0.25, 0.3) is 11.1 Å². The maximum atomic E-state index is 3.62. The first-order chi connectivity index (χ1) is 8.88. The maximum Gasteiger partial charge on any atom is 0.0574 e. The molecule has 0 unspecified atom stereocenters. The van der Waals surface area contributed by atoms with E-state index in [1.807, 2.05) is 0 Å². The van der Waals surface area contributed by atoms with Gasteiger partial charge in [0.1, 0.15) is 0 Å². The molecule has 0 atom stereocenters. The van der Waals surface area contributed by atoms with Crippen molar-refractivity contribution in [3.8, 4) is 11.1 Å². The second-order valence-corrected chi connectivity index (χ2v) is 13.4. The van der Waals surface area contributed by atoms with E-state index >= 15 is 0 Å². The predicted octanol–water partition coefficient (Wildman–Crippen LogP) is 6.20. The van der Waals surface area contributed by atoms with Crippen LogP contribution in [0.15, 0.2) is 45.3 Å². The second kappa shape index (κ2) is 4.57. The van der Waals surface area contributed by atoms with Crippen molar-refractivity contribution in [3.05, 3.63) is 56.5 Å². The zero-order valence-corrected chi connectivity index (χ0v) is 15.5. The second-order valence-electron chi connectivity index (χ2n) is 6.26. The minimum atomic E-state index is -1.31. The van der Waals surface area contributed by atoms with Gasteiger partial charge in [0, 0.05) is 14.5 Å². The molecule has 0 fully saturated rings. The fraction of sp³-hybridized carbons (Fsp3) is 0.250. The number of hydrogen-bond donors (Lipinski definition) is 0. The first-order valence-electron chi connectivity index (χ1n) is 6.47. The predicted molar refractivity (Wildman–Crippen MR) is 92.5 cm³/mol. The van der Waals surface area contributed by atoms with Crippen molar-refractivity contribution in [2.45, 2.75) is 25.2 Å². The van der Waals surface area contributed by atoms with E-state index in [0.717, 1.165) is 0 Å². The highest BCUT2D eigenvalue weighted by Crippen LogP contribution is 2.50. The highest BCUT2D eigenvalue weighted by Gasteiger charge is 2.37. The number of benzene rings is 2. The SMILES string of the molecule is C[Si](C)(C)C1c2cc(Br)ccc2-c2ccc(Br)cc21. The first kappa shape index (κ1) is 13.6. The molecule has 0 heterocycles. The van der Waals surface area contributed by atoms with Gasteiger partial charge in [-0.15, -0.1) is 0 Å². The molecular weight excluding hydrogens is 380 g/mol. The van der Waals surface area contributed by atoms with Gasteiger partial charge in [0.25, 0.3) is 0 Å². The molecule has 3 heteroatoms. The van der Waals surface area contributed by atoms with Crippen molar-refractivity contribution < 1.29 is 0 Å². The Morgan fingerprint density at radius 1 is 0.789 bits per heavy atom. The monoisotopic (exact) mass is 394 g/mol. The van der Waals surface area contributed by atoms with Gasteiger partial charge in [-0.25, -0.2) is 0 Å². The molecule has 0 nitrogen and oxygen atoms in total. The smallest absolute Gasteiger partial charge is 0.0574 e. The van der Waals surface area contributed by atoms with Crippen LogP contribution in [-0.2, 0) is 0 Å². The van der Waals surface area contributed by atoms with Gasteiger partial charge in [-0.2, -0.15) is 0 Å². The molecule has 0 amide bonds. The molecule has 3 rings (SSSR count). The Morgan fingerprint density at radius 2 is 1.21 bits per heavy atom. The average Bonchev–Trinajstić information content (AvgIpc) is 2.60. The van der Waals surface area contributed by atoms with Gasteiger partial charge in [0.05, 0.1) is 8.07 Å². The van der Waals surface area contributed by atoms with Gasteiger partial charge in [0.2, 0.25) is 0 Å². The lowest BCUT2D eigenvalue weighted by molar-refractivity contribution is 1.12. The largest absolute Gasteiger partial charge is 0.0688 e. The minimum Gasteiger partial charge on any atom is -0.0688 e. The first-order valence-corrected chi connectivity index (χ1v) is 11.6. The molecule has 0 saturated carbocycles. The van der Waals surface area contributed by atoms with E-state index in [2.05, 4.69) is 87.9 Å². The summed E-state index contributed by atoms with van der Waals surface area (Å²) in [6.07, 6.45) is 0. The molecule has 0 aliphatic heterocycles. The molecule has 0 radical (unpaired) electrons. The lowest BCUT2D eigenvalue weighted by Crippen LogP contribution is -2.30. The molecule has 0 saturated heterocycles. The van der Waals surface area contributed by atoms with E-state index < -0.39 is 8.07 Å². The van der Waals surface area contributed by atoms with E-state index in [1.165, 1.54) is 31.2 Å². The molecular formula is C16H16Br2Si. The van der Waals surface area contributed by atoms with Crippen LogP contribution in [0.2, 0.25) is 19.6 Å². The van der Waals surface area contributed by atoms with Crippen molar-refractivity contribution in [2.75, 3.05) is 0 Å². The third-order valence-corrected chi connectivity index (χ3v) is 7.15. The van der Waals surface area contributed by atoms with Gasteiger partial charge in [0.15, 0.2) is 0 Å². The average molecular weight is 396 g/mol. The lowest BCUT2D eigenvalue weighted by atomic mass is 10.1. The Labute approximate surface area is 132 Å². The van der Waals surface area contributed by atoms with Crippen LogP contribution < -0.4 is 0 Å². The summed E-state index contributed by atoms with van der Waals surface area (Å²) in [5.74, 6) is 0. The van der Waals surface area contributed by atoms with Gasteiger partial charge in [-0.3, -0.25) is 0 Å². The fourth-order valence-corrected chi connectivity index (χ4v) is 6.24. The molecule has 1 aliphatic carbocycles. The van der Waals surface area contributed by atoms with E-state index in [1.54, 1.807) is 0 Å². The molecule has 1 aliphatic rings. The minimum absolute atomic E-state index is 0.590. The molecule has 0 spiro atoms. The van der Waals surface area contributed by atoms with Crippen LogP contribution in [0.1, 0.15) is 16.7 Å². The normalized spacial score (nSPS) is 14.4. The molecule has 0 N–H and O–H groups in total. The van der Waals surface area contributed by atoms with Crippen LogP contribution >= 0.6 is 31.9 Å². The maximum absolute atomic E-state index is 3.62. The third-order valence-electron chi connectivity index (χ3n) is 3.81. The Balaban J connectivity index is 2.32. The summed E-state index contributed by atoms with van der Waals surface area (Å²) in [5, 5.41) is 0. The standard InChI is InChI=1S/C16H16Br2Si/c1-19(2,3)16-14-8-10(17)4-6-12(14)13-7-5-11(18)9-15(13)16/h4-9,16H,1-3H3. The van der Waals surface area contributed by atoms with Crippen molar-refractivity contribution in [3.63, 3.8) is 0 Å². The van der Waals surface area contributed by atoms with Crippen LogP contribution in [0.4, 0.5) is 0 Å². The zero-order chi connectivity index (χ0) is 13.8. The summed E-state index contributed by atoms with van der Waals surface area (Å²) in [5.41, 5.74) is 6.42. The van der Waals surface area contributed by atoms with Crippen molar-refractivity contribution in [2.24, 2.45) is 0 Å². The highest BCUT2D eigenvalue weighted by molar-refractivity contribution is 9.10. The molecule has 2 aromatic rings. The summed E-state index contributed by atoms with van der Waals surface area (Å²) in [6, 6.07) is 13.4. The van der Waals surface area contributed by atoms with E-state index in [0.29, 0.717) is 5.54 Å². The van der Waals surface area contributed by atoms with Crippen LogP contribution in [0, 0.1) is 0 Å². The van der Waals surface area contributed by atoms with E-state index in [-0.39, 0.29) is 0 Å². The third kappa shape index (κ3) is 2.26. The Kier molecular flexibility index (Phi) is 3.27. The van der Waals surface area contributed by atoms with E-state index in [9.17, 15) is 0 Å². The Morgan fingerprint density at radius 3 is 1.58 bits per heavy atom. The number of fused-ring (bicyclic) bond motifs is 3. The van der Waals surface area contributed by atoms with E-state index in [4.69, 9.17) is 0 Å². The number of hydrogen-bond acceptors (Lipinski definition) is 0. The summed E-state index contributed by atoms with van der Waals surface area (Å²) < 4.78 is 2.36. The summed E-state index contributed by atoms with van der Waals surface area (Å²) in [7, 11) is -1.31. The summed E-state index contributed by atoms with van der Waals surface area (Å²) in [6.45, 7) is 7.37. The van der Waals surface area contributed by atoms with Crippen LogP contribution in [0.5, 0.6) is 0 Å². The van der Waals surface area contributed by atoms with Crippen LogP contribution in [0.3, 0.4) is 0 Å². The molecule has 0 aromatic heterocycles. The van der Waals surface area contributed by atoms with Crippen LogP contribution in [-0.4, -0.2) is 8.07 Å². The van der Waals surface area contributed by atoms with Crippen molar-refractivity contribution >= 4 is 39.9 Å². The summed E-state index contributed by atoms with van der Waals surface area (Å²) >= 11 is 7.25. The van der Waals surface area contributed by atoms with Gasteiger partial charge < -0.3 is 0 Å². The Hall–Kier alpha value is -0.383. The number of halogens is 2.